The molecule has 0 aromatic heterocycles. The van der Waals surface area contributed by atoms with Gasteiger partial charge in [-0.3, -0.25) is 0 Å². The summed E-state index contributed by atoms with van der Waals surface area (Å²) in [5, 5.41) is 0. The van der Waals surface area contributed by atoms with Gasteiger partial charge in [0.05, 0.1) is 4.47 Å². The lowest BCUT2D eigenvalue weighted by Gasteiger charge is -2.07. The molecule has 1 N–H and O–H groups in total. The van der Waals surface area contributed by atoms with E-state index in [-0.39, 0.29) is 11.0 Å². The summed E-state index contributed by atoms with van der Waals surface area (Å²) < 4.78 is 51.6. The SMILES string of the molecule is CCCNS(=O)(=O)c1cc(F)c(Br)cc1F. The summed E-state index contributed by atoms with van der Waals surface area (Å²) in [5.74, 6) is -1.81. The second-order valence-electron chi connectivity index (χ2n) is 3.09. The Kier molecular flexibility index (Phi) is 4.40. The largest absolute Gasteiger partial charge is 0.243 e. The van der Waals surface area contributed by atoms with Gasteiger partial charge in [-0.25, -0.2) is 21.9 Å². The van der Waals surface area contributed by atoms with Crippen LogP contribution < -0.4 is 4.72 Å². The van der Waals surface area contributed by atoms with Crippen LogP contribution in [0.4, 0.5) is 8.78 Å². The molecule has 0 saturated carbocycles. The first-order chi connectivity index (χ1) is 7.38. The zero-order valence-electron chi connectivity index (χ0n) is 8.43. The van der Waals surface area contributed by atoms with Crippen LogP contribution in [-0.4, -0.2) is 15.0 Å². The van der Waals surface area contributed by atoms with Crippen molar-refractivity contribution in [2.24, 2.45) is 0 Å². The fourth-order valence-electron chi connectivity index (χ4n) is 1.02. The first kappa shape index (κ1) is 13.5. The molecule has 0 aliphatic carbocycles. The zero-order chi connectivity index (χ0) is 12.3. The summed E-state index contributed by atoms with van der Waals surface area (Å²) in [4.78, 5) is -0.679. The summed E-state index contributed by atoms with van der Waals surface area (Å²) in [6.07, 6.45) is 0.569. The summed E-state index contributed by atoms with van der Waals surface area (Å²) in [6.45, 7) is 1.94. The first-order valence-electron chi connectivity index (χ1n) is 4.52. The van der Waals surface area contributed by atoms with Crippen LogP contribution in [0.15, 0.2) is 21.5 Å². The van der Waals surface area contributed by atoms with E-state index in [0.717, 1.165) is 6.07 Å². The predicted octanol–water partition coefficient (Wildman–Crippen LogP) is 2.42. The average molecular weight is 314 g/mol. The number of hydrogen-bond donors (Lipinski definition) is 1. The fraction of sp³-hybridized carbons (Fsp3) is 0.333. The van der Waals surface area contributed by atoms with Gasteiger partial charge < -0.3 is 0 Å². The molecule has 0 saturated heterocycles. The molecule has 16 heavy (non-hydrogen) atoms. The van der Waals surface area contributed by atoms with Crippen LogP contribution in [0.25, 0.3) is 0 Å². The van der Waals surface area contributed by atoms with E-state index in [1.807, 2.05) is 0 Å². The van der Waals surface area contributed by atoms with Crippen molar-refractivity contribution in [3.63, 3.8) is 0 Å². The summed E-state index contributed by atoms with van der Waals surface area (Å²) >= 11 is 2.77. The first-order valence-corrected chi connectivity index (χ1v) is 6.80. The highest BCUT2D eigenvalue weighted by Gasteiger charge is 2.20. The molecule has 1 rings (SSSR count). The van der Waals surface area contributed by atoms with Crippen LogP contribution in [0.5, 0.6) is 0 Å². The molecular weight excluding hydrogens is 304 g/mol. The highest BCUT2D eigenvalue weighted by atomic mass is 79.9. The van der Waals surface area contributed by atoms with Gasteiger partial charge in [0.25, 0.3) is 0 Å². The summed E-state index contributed by atoms with van der Waals surface area (Å²) in [7, 11) is -3.98. The molecule has 0 spiro atoms. The van der Waals surface area contributed by atoms with E-state index in [4.69, 9.17) is 0 Å². The molecule has 0 radical (unpaired) electrons. The topological polar surface area (TPSA) is 46.2 Å². The van der Waals surface area contributed by atoms with Crippen LogP contribution in [0.1, 0.15) is 13.3 Å². The van der Waals surface area contributed by atoms with Crippen molar-refractivity contribution >= 4 is 26.0 Å². The van der Waals surface area contributed by atoms with Crippen LogP contribution in [0.2, 0.25) is 0 Å². The lowest BCUT2D eigenvalue weighted by Crippen LogP contribution is -2.25. The standard InChI is InChI=1S/C9H10BrF2NO2S/c1-2-3-13-16(14,15)9-5-7(11)6(10)4-8(9)12/h4-5,13H,2-3H2,1H3. The van der Waals surface area contributed by atoms with E-state index >= 15 is 0 Å². The molecule has 90 valence electrons. The molecular formula is C9H10BrF2NO2S. The van der Waals surface area contributed by atoms with Gasteiger partial charge in [0.15, 0.2) is 0 Å². The Balaban J connectivity index is 3.18. The van der Waals surface area contributed by atoms with E-state index in [1.54, 1.807) is 6.92 Å². The maximum absolute atomic E-state index is 13.3. The van der Waals surface area contributed by atoms with Crippen molar-refractivity contribution in [3.8, 4) is 0 Å². The Hall–Kier alpha value is -0.530. The molecule has 1 aromatic carbocycles. The minimum absolute atomic E-state index is 0.112. The minimum atomic E-state index is -3.98. The highest BCUT2D eigenvalue weighted by molar-refractivity contribution is 9.10. The van der Waals surface area contributed by atoms with E-state index in [1.165, 1.54) is 0 Å². The van der Waals surface area contributed by atoms with Crippen molar-refractivity contribution in [2.45, 2.75) is 18.2 Å². The van der Waals surface area contributed by atoms with E-state index in [9.17, 15) is 17.2 Å². The van der Waals surface area contributed by atoms with Gasteiger partial charge in [-0.2, -0.15) is 0 Å². The number of halogens is 3. The molecule has 0 bridgehead atoms. The minimum Gasteiger partial charge on any atom is -0.211 e. The van der Waals surface area contributed by atoms with E-state index in [0.29, 0.717) is 12.5 Å². The number of nitrogens with one attached hydrogen (secondary N) is 1. The molecule has 0 unspecified atom stereocenters. The Bertz CT molecular complexity index is 491. The number of hydrogen-bond acceptors (Lipinski definition) is 2. The second-order valence-corrected chi connectivity index (χ2v) is 5.68. The van der Waals surface area contributed by atoms with E-state index in [2.05, 4.69) is 20.7 Å². The lowest BCUT2D eigenvalue weighted by atomic mass is 10.3. The molecule has 0 heterocycles. The van der Waals surface area contributed by atoms with Crippen molar-refractivity contribution in [1.29, 1.82) is 0 Å². The van der Waals surface area contributed by atoms with E-state index < -0.39 is 26.6 Å². The van der Waals surface area contributed by atoms with Crippen molar-refractivity contribution in [3.05, 3.63) is 28.2 Å². The molecule has 3 nitrogen and oxygen atoms in total. The fourth-order valence-corrected chi connectivity index (χ4v) is 2.54. The second kappa shape index (κ2) is 5.20. The molecule has 0 atom stereocenters. The molecule has 0 aliphatic rings. The van der Waals surface area contributed by atoms with Crippen LogP contribution in [0, 0.1) is 11.6 Å². The van der Waals surface area contributed by atoms with Gasteiger partial charge in [-0.15, -0.1) is 0 Å². The van der Waals surface area contributed by atoms with Crippen molar-refractivity contribution in [1.82, 2.24) is 4.72 Å². The van der Waals surface area contributed by atoms with Crippen LogP contribution in [-0.2, 0) is 10.0 Å². The van der Waals surface area contributed by atoms with Crippen LogP contribution >= 0.6 is 15.9 Å². The third kappa shape index (κ3) is 2.99. The Morgan fingerprint density at radius 2 is 1.94 bits per heavy atom. The van der Waals surface area contributed by atoms with Gasteiger partial charge in [0.2, 0.25) is 10.0 Å². The number of rotatable bonds is 4. The van der Waals surface area contributed by atoms with Crippen molar-refractivity contribution < 1.29 is 17.2 Å². The lowest BCUT2D eigenvalue weighted by molar-refractivity contribution is 0.543. The maximum atomic E-state index is 13.3. The Labute approximate surface area is 101 Å². The Morgan fingerprint density at radius 1 is 1.31 bits per heavy atom. The zero-order valence-corrected chi connectivity index (χ0v) is 10.8. The monoisotopic (exact) mass is 313 g/mol. The summed E-state index contributed by atoms with van der Waals surface area (Å²) in [6, 6.07) is 1.44. The van der Waals surface area contributed by atoms with Crippen LogP contribution in [0.3, 0.4) is 0 Å². The van der Waals surface area contributed by atoms with Gasteiger partial charge >= 0.3 is 0 Å². The normalized spacial score (nSPS) is 11.8. The summed E-state index contributed by atoms with van der Waals surface area (Å²) in [5.41, 5.74) is 0. The van der Waals surface area contributed by atoms with Crippen molar-refractivity contribution in [2.75, 3.05) is 6.54 Å². The maximum Gasteiger partial charge on any atom is 0.243 e. The third-order valence-electron chi connectivity index (χ3n) is 1.81. The van der Waals surface area contributed by atoms with Gasteiger partial charge in [0, 0.05) is 6.54 Å². The van der Waals surface area contributed by atoms with Gasteiger partial charge in [0.1, 0.15) is 16.5 Å². The average Bonchev–Trinajstić information content (AvgIpc) is 2.20. The third-order valence-corrected chi connectivity index (χ3v) is 3.89. The number of sulfonamides is 1. The van der Waals surface area contributed by atoms with Gasteiger partial charge in [-0.1, -0.05) is 6.92 Å². The quantitative estimate of drug-likeness (QED) is 0.868. The predicted molar refractivity (Wildman–Crippen MR) is 59.5 cm³/mol. The molecule has 7 heteroatoms. The number of benzene rings is 1. The van der Waals surface area contributed by atoms with Gasteiger partial charge in [-0.05, 0) is 34.5 Å². The molecule has 0 aliphatic heterocycles. The smallest absolute Gasteiger partial charge is 0.211 e. The molecule has 1 aromatic rings. The molecule has 0 fully saturated rings. The Morgan fingerprint density at radius 3 is 2.50 bits per heavy atom. The molecule has 0 amide bonds. The highest BCUT2D eigenvalue weighted by Crippen LogP contribution is 2.22.